The van der Waals surface area contributed by atoms with E-state index < -0.39 is 0 Å². The van der Waals surface area contributed by atoms with Crippen LogP contribution in [0.1, 0.15) is 5.56 Å². The number of rotatable bonds is 1. The van der Waals surface area contributed by atoms with Crippen molar-refractivity contribution in [1.82, 2.24) is 5.32 Å². The second-order valence-corrected chi connectivity index (χ2v) is 2.71. The molecule has 14 heavy (non-hydrogen) atoms. The van der Waals surface area contributed by atoms with Crippen LogP contribution >= 0.6 is 0 Å². The second-order valence-electron chi connectivity index (χ2n) is 2.71. The van der Waals surface area contributed by atoms with Gasteiger partial charge in [0.15, 0.2) is 0 Å². The number of amides is 1. The highest BCUT2D eigenvalue weighted by Crippen LogP contribution is 1.95. The average molecular weight is 195 g/mol. The molecule has 1 fully saturated rings. The molecule has 1 saturated heterocycles. The number of nitrogens with one attached hydrogen (secondary N) is 1. The van der Waals surface area contributed by atoms with E-state index in [1.165, 1.54) is 0 Å². The van der Waals surface area contributed by atoms with Gasteiger partial charge in [0.25, 0.3) is 0 Å². The van der Waals surface area contributed by atoms with Crippen molar-refractivity contribution in [3.63, 3.8) is 0 Å². The van der Waals surface area contributed by atoms with Gasteiger partial charge in [-0.3, -0.25) is 0 Å². The van der Waals surface area contributed by atoms with Crippen LogP contribution in [0.15, 0.2) is 30.3 Å². The second kappa shape index (κ2) is 5.99. The van der Waals surface area contributed by atoms with Crippen LogP contribution < -0.4 is 5.32 Å². The molecule has 1 aliphatic heterocycles. The monoisotopic (exact) mass is 195 g/mol. The normalized spacial score (nSPS) is 13.6. The van der Waals surface area contributed by atoms with E-state index in [4.69, 9.17) is 5.11 Å². The predicted octanol–water partition coefficient (Wildman–Crippen LogP) is 0.905. The lowest BCUT2D eigenvalue weighted by atomic mass is 10.2. The van der Waals surface area contributed by atoms with Crippen molar-refractivity contribution in [3.8, 4) is 0 Å². The molecular formula is C10H13NO3. The molecule has 0 spiro atoms. The van der Waals surface area contributed by atoms with Crippen LogP contribution in [0.4, 0.5) is 4.79 Å². The predicted molar refractivity (Wildman–Crippen MR) is 51.7 cm³/mol. The number of aliphatic hydroxyl groups is 1. The molecule has 0 aliphatic carbocycles. The first-order valence-corrected chi connectivity index (χ1v) is 4.38. The Morgan fingerprint density at radius 1 is 1.36 bits per heavy atom. The minimum Gasteiger partial charge on any atom is -0.448 e. The molecule has 4 nitrogen and oxygen atoms in total. The van der Waals surface area contributed by atoms with Crippen molar-refractivity contribution in [3.05, 3.63) is 35.9 Å². The summed E-state index contributed by atoms with van der Waals surface area (Å²) >= 11 is 0. The van der Waals surface area contributed by atoms with Crippen molar-refractivity contribution < 1.29 is 14.6 Å². The van der Waals surface area contributed by atoms with Crippen LogP contribution in [0.5, 0.6) is 0 Å². The zero-order chi connectivity index (χ0) is 10.2. The molecule has 1 aromatic rings. The van der Waals surface area contributed by atoms with Gasteiger partial charge in [0.1, 0.15) is 6.61 Å². The molecule has 0 unspecified atom stereocenters. The Bertz CT molecular complexity index is 266. The average Bonchev–Trinajstić information content (AvgIpc) is 2.71. The summed E-state index contributed by atoms with van der Waals surface area (Å²) in [7, 11) is 0. The maximum atomic E-state index is 9.91. The molecule has 1 heterocycles. The number of aliphatic hydroxyl groups excluding tert-OH is 1. The number of cyclic esters (lactones) is 1. The van der Waals surface area contributed by atoms with E-state index in [-0.39, 0.29) is 12.7 Å². The number of alkyl carbamates (subject to hydrolysis) is 1. The third-order valence-corrected chi connectivity index (χ3v) is 1.63. The van der Waals surface area contributed by atoms with Crippen LogP contribution in [-0.2, 0) is 11.3 Å². The summed E-state index contributed by atoms with van der Waals surface area (Å²) in [4.78, 5) is 9.91. The Kier molecular flexibility index (Phi) is 4.50. The smallest absolute Gasteiger partial charge is 0.407 e. The van der Waals surface area contributed by atoms with Gasteiger partial charge in [0, 0.05) is 0 Å². The zero-order valence-corrected chi connectivity index (χ0v) is 7.77. The van der Waals surface area contributed by atoms with Crippen molar-refractivity contribution >= 4 is 6.09 Å². The van der Waals surface area contributed by atoms with Gasteiger partial charge >= 0.3 is 6.09 Å². The number of carbonyl (C=O) groups is 1. The van der Waals surface area contributed by atoms with E-state index in [1.54, 1.807) is 0 Å². The summed E-state index contributed by atoms with van der Waals surface area (Å²) in [6, 6.07) is 9.52. The van der Waals surface area contributed by atoms with Crippen molar-refractivity contribution in [2.24, 2.45) is 0 Å². The van der Waals surface area contributed by atoms with Gasteiger partial charge in [-0.15, -0.1) is 0 Å². The Labute approximate surface area is 82.5 Å². The van der Waals surface area contributed by atoms with Crippen LogP contribution in [0, 0.1) is 0 Å². The maximum Gasteiger partial charge on any atom is 0.407 e. The van der Waals surface area contributed by atoms with E-state index >= 15 is 0 Å². The van der Waals surface area contributed by atoms with Gasteiger partial charge in [0.2, 0.25) is 0 Å². The highest BCUT2D eigenvalue weighted by Gasteiger charge is 2.06. The fraction of sp³-hybridized carbons (Fsp3) is 0.300. The van der Waals surface area contributed by atoms with Crippen LogP contribution in [-0.4, -0.2) is 24.4 Å². The topological polar surface area (TPSA) is 58.6 Å². The lowest BCUT2D eigenvalue weighted by Gasteiger charge is -1.89. The number of carbonyl (C=O) groups excluding carboxylic acids is 1. The molecule has 1 amide bonds. The highest BCUT2D eigenvalue weighted by molar-refractivity contribution is 5.68. The lowest BCUT2D eigenvalue weighted by molar-refractivity contribution is 0.178. The number of benzene rings is 1. The first-order valence-electron chi connectivity index (χ1n) is 4.38. The fourth-order valence-corrected chi connectivity index (χ4v) is 0.931. The summed E-state index contributed by atoms with van der Waals surface area (Å²) in [5, 5.41) is 11.0. The van der Waals surface area contributed by atoms with Crippen molar-refractivity contribution in [2.45, 2.75) is 6.61 Å². The minimum atomic E-state index is -0.296. The molecule has 76 valence electrons. The summed E-state index contributed by atoms with van der Waals surface area (Å²) < 4.78 is 4.40. The molecule has 0 bridgehead atoms. The number of hydrogen-bond acceptors (Lipinski definition) is 3. The Morgan fingerprint density at radius 2 is 2.07 bits per heavy atom. The molecule has 1 aliphatic rings. The summed E-state index contributed by atoms with van der Waals surface area (Å²) in [5.74, 6) is 0. The van der Waals surface area contributed by atoms with Crippen LogP contribution in [0.25, 0.3) is 0 Å². The third kappa shape index (κ3) is 3.91. The van der Waals surface area contributed by atoms with Gasteiger partial charge in [-0.1, -0.05) is 30.3 Å². The minimum absolute atomic E-state index is 0.140. The van der Waals surface area contributed by atoms with Gasteiger partial charge < -0.3 is 15.2 Å². The SMILES string of the molecule is O=C1NCCO1.OCc1ccccc1. The van der Waals surface area contributed by atoms with E-state index in [1.807, 2.05) is 30.3 Å². The Balaban J connectivity index is 0.000000146. The quantitative estimate of drug-likeness (QED) is 0.700. The Hall–Kier alpha value is -1.55. The molecule has 4 heteroatoms. The molecule has 0 saturated carbocycles. The lowest BCUT2D eigenvalue weighted by Crippen LogP contribution is -2.11. The van der Waals surface area contributed by atoms with Gasteiger partial charge in [-0.25, -0.2) is 4.79 Å². The van der Waals surface area contributed by atoms with E-state index in [9.17, 15) is 4.79 Å². The molecule has 1 aromatic carbocycles. The van der Waals surface area contributed by atoms with Crippen molar-refractivity contribution in [1.29, 1.82) is 0 Å². The molecule has 2 N–H and O–H groups in total. The molecular weight excluding hydrogens is 182 g/mol. The van der Waals surface area contributed by atoms with Crippen LogP contribution in [0.3, 0.4) is 0 Å². The molecule has 0 atom stereocenters. The van der Waals surface area contributed by atoms with E-state index in [0.29, 0.717) is 13.2 Å². The first kappa shape index (κ1) is 10.5. The zero-order valence-electron chi connectivity index (χ0n) is 7.77. The molecule has 0 radical (unpaired) electrons. The van der Waals surface area contributed by atoms with E-state index in [0.717, 1.165) is 5.56 Å². The molecule has 2 rings (SSSR count). The number of hydrogen-bond donors (Lipinski definition) is 2. The van der Waals surface area contributed by atoms with Gasteiger partial charge in [-0.2, -0.15) is 0 Å². The van der Waals surface area contributed by atoms with Crippen molar-refractivity contribution in [2.75, 3.05) is 13.2 Å². The standard InChI is InChI=1S/C7H8O.C3H5NO2/c8-6-7-4-2-1-3-5-7;5-3-4-1-2-6-3/h1-5,8H,6H2;1-2H2,(H,4,5). The fourth-order valence-electron chi connectivity index (χ4n) is 0.931. The largest absolute Gasteiger partial charge is 0.448 e. The van der Waals surface area contributed by atoms with Gasteiger partial charge in [0.05, 0.1) is 13.2 Å². The first-order chi connectivity index (χ1) is 6.83. The summed E-state index contributed by atoms with van der Waals surface area (Å²) in [6.07, 6.45) is -0.296. The number of ether oxygens (including phenoxy) is 1. The highest BCUT2D eigenvalue weighted by atomic mass is 16.6. The van der Waals surface area contributed by atoms with E-state index in [2.05, 4.69) is 10.1 Å². The molecule has 0 aromatic heterocycles. The third-order valence-electron chi connectivity index (χ3n) is 1.63. The Morgan fingerprint density at radius 3 is 2.36 bits per heavy atom. The van der Waals surface area contributed by atoms with Gasteiger partial charge in [-0.05, 0) is 5.56 Å². The summed E-state index contributed by atoms with van der Waals surface area (Å²) in [6.45, 7) is 1.33. The maximum absolute atomic E-state index is 9.91. The summed E-state index contributed by atoms with van der Waals surface area (Å²) in [5.41, 5.74) is 0.965. The van der Waals surface area contributed by atoms with Crippen LogP contribution in [0.2, 0.25) is 0 Å².